The highest BCUT2D eigenvalue weighted by molar-refractivity contribution is 6.09. The van der Waals surface area contributed by atoms with Crippen molar-refractivity contribution in [2.45, 2.75) is 30.7 Å². The van der Waals surface area contributed by atoms with Gasteiger partial charge in [0.25, 0.3) is 0 Å². The SMILES string of the molecule is O=C(O[C@@H]1O[C@@H]2COC(=O)c3cc(O)c(O)c(O)c3-c3c(cc(O)c(O)c3O)C(=O)O[C@H]2[C@@H]2OC(=O)c3cc(O)c(O)c(O)c3-c3cc(c(O)c(O)c3O)C(=O)O[C@@H]12)c1cc(O)c(O)c(O)c1. The van der Waals surface area contributed by atoms with Gasteiger partial charge < -0.3 is 105 Å². The minimum Gasteiger partial charge on any atom is -0.504 e. The van der Waals surface area contributed by atoms with Crippen LogP contribution in [0.15, 0.2) is 36.4 Å². The standard InChI is InChI=1S/C41H28O26/c42-14-1-8(2-15(43)25(14)49)36(57)67-41-35-34(65-38(59)10-4-16(44)26(50)29(53)20(10)9-3-13(40(61)66-35)24(48)32(56)23(9)47)33-19(63-41)7-62-37(58)11-5-17(45)27(51)30(54)21(11)22-12(39(60)64-33)6-18(46)28(52)31(22)55/h1-6,19,33-35,41-56H,7H2/t19-,33-,34+,35-,41+/m1/s1. The van der Waals surface area contributed by atoms with E-state index in [0.717, 1.165) is 0 Å². The second-order valence-electron chi connectivity index (χ2n) is 14.6. The van der Waals surface area contributed by atoms with Crippen LogP contribution >= 0.6 is 0 Å². The van der Waals surface area contributed by atoms with E-state index >= 15 is 0 Å². The minimum absolute atomic E-state index is 0.401. The monoisotopic (exact) mass is 936 g/mol. The van der Waals surface area contributed by atoms with Gasteiger partial charge in [0.05, 0.1) is 22.3 Å². The highest BCUT2D eigenvalue weighted by atomic mass is 16.7. The maximum absolute atomic E-state index is 14.4. The number of aromatic hydroxyl groups is 15. The molecule has 0 aliphatic carbocycles. The Morgan fingerprint density at radius 2 is 0.836 bits per heavy atom. The van der Waals surface area contributed by atoms with Gasteiger partial charge >= 0.3 is 29.8 Å². The van der Waals surface area contributed by atoms with Crippen LogP contribution in [0.4, 0.5) is 0 Å². The zero-order valence-electron chi connectivity index (χ0n) is 32.8. The zero-order valence-corrected chi connectivity index (χ0v) is 32.8. The first-order valence-corrected chi connectivity index (χ1v) is 18.6. The van der Waals surface area contributed by atoms with Crippen molar-refractivity contribution in [1.82, 2.24) is 0 Å². The highest BCUT2D eigenvalue weighted by Crippen LogP contribution is 2.55. The Kier molecular flexibility index (Phi) is 10.2. The molecule has 67 heavy (non-hydrogen) atoms. The first-order valence-electron chi connectivity index (χ1n) is 18.6. The highest BCUT2D eigenvalue weighted by Gasteiger charge is 2.56. The number of rotatable bonds is 2. The van der Waals surface area contributed by atoms with Crippen LogP contribution in [0.1, 0.15) is 51.8 Å². The largest absolute Gasteiger partial charge is 0.504 e. The molecular weight excluding hydrogens is 908 g/mol. The number of hydrogen-bond donors (Lipinski definition) is 15. The van der Waals surface area contributed by atoms with Crippen LogP contribution in [0.25, 0.3) is 22.3 Å². The first-order chi connectivity index (χ1) is 31.5. The molecule has 5 atom stereocenters. The van der Waals surface area contributed by atoms with E-state index in [1.54, 1.807) is 0 Å². The van der Waals surface area contributed by atoms with Crippen molar-refractivity contribution >= 4 is 29.8 Å². The molecule has 0 unspecified atom stereocenters. The van der Waals surface area contributed by atoms with Crippen LogP contribution in [-0.4, -0.2) is 144 Å². The van der Waals surface area contributed by atoms with Gasteiger partial charge in [-0.05, 0) is 36.4 Å². The van der Waals surface area contributed by atoms with Crippen LogP contribution < -0.4 is 0 Å². The van der Waals surface area contributed by atoms with E-state index in [-0.39, 0.29) is 0 Å². The molecule has 3 heterocycles. The Labute approximate surface area is 368 Å². The third-order valence-electron chi connectivity index (χ3n) is 10.6. The van der Waals surface area contributed by atoms with Crippen LogP contribution in [0.2, 0.25) is 0 Å². The molecule has 5 aromatic carbocycles. The van der Waals surface area contributed by atoms with Gasteiger partial charge in [-0.25, -0.2) is 24.0 Å². The fourth-order valence-electron chi connectivity index (χ4n) is 7.39. The van der Waals surface area contributed by atoms with E-state index in [9.17, 15) is 101 Å². The summed E-state index contributed by atoms with van der Waals surface area (Å²) in [5.74, 6) is -28.4. The van der Waals surface area contributed by atoms with Crippen molar-refractivity contribution in [1.29, 1.82) is 0 Å². The van der Waals surface area contributed by atoms with Crippen molar-refractivity contribution in [2.75, 3.05) is 6.61 Å². The number of hydrogen-bond acceptors (Lipinski definition) is 26. The Morgan fingerprint density at radius 1 is 0.418 bits per heavy atom. The van der Waals surface area contributed by atoms with E-state index in [0.29, 0.717) is 36.4 Å². The van der Waals surface area contributed by atoms with Crippen LogP contribution in [0, 0.1) is 0 Å². The van der Waals surface area contributed by atoms with Gasteiger partial charge in [0, 0.05) is 22.3 Å². The average Bonchev–Trinajstić information content (AvgIpc) is 3.30. The number of carbonyl (C=O) groups is 5. The zero-order chi connectivity index (χ0) is 48.8. The topological polar surface area (TPSA) is 444 Å². The molecule has 26 nitrogen and oxygen atoms in total. The normalized spacial score (nSPS) is 20.0. The molecule has 0 radical (unpaired) electrons. The third kappa shape index (κ3) is 6.91. The number of benzene rings is 5. The fraction of sp³-hybridized carbons (Fsp3) is 0.146. The van der Waals surface area contributed by atoms with Crippen molar-refractivity contribution < 1.29 is 129 Å². The Bertz CT molecular complexity index is 3020. The van der Waals surface area contributed by atoms with Gasteiger partial charge in [-0.2, -0.15) is 0 Å². The van der Waals surface area contributed by atoms with Crippen molar-refractivity contribution in [3.63, 3.8) is 0 Å². The Morgan fingerprint density at radius 3 is 1.37 bits per heavy atom. The summed E-state index contributed by atoms with van der Waals surface area (Å²) in [4.78, 5) is 70.5. The number of phenolic OH excluding ortho intramolecular Hbond substituents is 15. The van der Waals surface area contributed by atoms with Crippen molar-refractivity contribution in [2.24, 2.45) is 0 Å². The summed E-state index contributed by atoms with van der Waals surface area (Å²) in [6, 6.07) is 2.92. The smallest absolute Gasteiger partial charge is 0.342 e. The summed E-state index contributed by atoms with van der Waals surface area (Å²) in [5.41, 5.74) is -9.16. The lowest BCUT2D eigenvalue weighted by Crippen LogP contribution is -2.63. The lowest BCUT2D eigenvalue weighted by molar-refractivity contribution is -0.282. The van der Waals surface area contributed by atoms with Crippen LogP contribution in [-0.2, 0) is 28.4 Å². The summed E-state index contributed by atoms with van der Waals surface area (Å²) < 4.78 is 33.6. The summed E-state index contributed by atoms with van der Waals surface area (Å²) in [6.07, 6.45) is -12.3. The van der Waals surface area contributed by atoms with E-state index in [1.165, 1.54) is 0 Å². The van der Waals surface area contributed by atoms with Gasteiger partial charge in [0.15, 0.2) is 75.5 Å². The molecule has 1 saturated heterocycles. The van der Waals surface area contributed by atoms with E-state index in [4.69, 9.17) is 28.4 Å². The van der Waals surface area contributed by atoms with Gasteiger partial charge in [-0.15, -0.1) is 0 Å². The Balaban J connectivity index is 1.37. The van der Waals surface area contributed by atoms with E-state index < -0.39 is 203 Å². The molecule has 0 aromatic heterocycles. The number of ether oxygens (including phenoxy) is 6. The number of cyclic esters (lactones) is 1. The second-order valence-corrected chi connectivity index (χ2v) is 14.6. The number of fused-ring (bicyclic) bond motifs is 10. The second kappa shape index (κ2) is 15.6. The molecule has 348 valence electrons. The van der Waals surface area contributed by atoms with Crippen molar-refractivity contribution in [3.05, 3.63) is 64.2 Å². The summed E-state index contributed by atoms with van der Waals surface area (Å²) >= 11 is 0. The van der Waals surface area contributed by atoms with Gasteiger partial charge in [-0.1, -0.05) is 0 Å². The van der Waals surface area contributed by atoms with E-state index in [1.807, 2.05) is 0 Å². The summed E-state index contributed by atoms with van der Waals surface area (Å²) in [7, 11) is 0. The molecule has 5 aromatic rings. The van der Waals surface area contributed by atoms with Crippen molar-refractivity contribution in [3.8, 4) is 108 Å². The predicted molar refractivity (Wildman–Crippen MR) is 207 cm³/mol. The molecule has 0 spiro atoms. The molecule has 2 bridgehead atoms. The maximum Gasteiger partial charge on any atom is 0.342 e. The fourth-order valence-corrected chi connectivity index (χ4v) is 7.39. The van der Waals surface area contributed by atoms with Crippen LogP contribution in [0.3, 0.4) is 0 Å². The quantitative estimate of drug-likeness (QED) is 0.0679. The van der Waals surface area contributed by atoms with Gasteiger partial charge in [0.2, 0.25) is 35.4 Å². The molecule has 0 amide bonds. The van der Waals surface area contributed by atoms with Gasteiger partial charge in [0.1, 0.15) is 18.3 Å². The lowest BCUT2D eigenvalue weighted by atomic mass is 9.92. The number of esters is 5. The summed E-state index contributed by atoms with van der Waals surface area (Å²) in [6.45, 7) is -1.27. The number of phenols is 15. The molecule has 26 heteroatoms. The first kappa shape index (κ1) is 44.0. The molecule has 15 N–H and O–H groups in total. The molecular formula is C41H28O26. The minimum atomic E-state index is -2.56. The lowest BCUT2D eigenvalue weighted by Gasteiger charge is -2.43. The van der Waals surface area contributed by atoms with Gasteiger partial charge in [-0.3, -0.25) is 0 Å². The molecule has 3 aliphatic heterocycles. The molecule has 1 fully saturated rings. The van der Waals surface area contributed by atoms with E-state index in [2.05, 4.69) is 0 Å². The molecule has 0 saturated carbocycles. The predicted octanol–water partition coefficient (Wildman–Crippen LogP) is 1.65. The Hall–Kier alpha value is -9.59. The maximum atomic E-state index is 14.4. The summed E-state index contributed by atoms with van der Waals surface area (Å²) in [5, 5.41) is 159. The molecule has 8 rings (SSSR count). The molecule has 3 aliphatic rings. The third-order valence-corrected chi connectivity index (χ3v) is 10.6. The van der Waals surface area contributed by atoms with Crippen LogP contribution in [0.5, 0.6) is 86.2 Å². The average molecular weight is 937 g/mol. The number of carbonyl (C=O) groups excluding carboxylic acids is 5.